The van der Waals surface area contributed by atoms with Crippen molar-refractivity contribution in [1.82, 2.24) is 10.2 Å². The molecule has 0 aromatic heterocycles. The lowest BCUT2D eigenvalue weighted by molar-refractivity contribution is -0.126. The van der Waals surface area contributed by atoms with Crippen LogP contribution in [0.4, 0.5) is 18.9 Å². The maximum atomic E-state index is 13.7. The van der Waals surface area contributed by atoms with Crippen LogP contribution in [0, 0.1) is 17.5 Å². The molecule has 0 aliphatic heterocycles. The molecule has 0 saturated heterocycles. The highest BCUT2D eigenvalue weighted by Gasteiger charge is 2.22. The number of likely N-dealkylation sites (N-methyl/N-ethyl adjacent to an activating group) is 1. The summed E-state index contributed by atoms with van der Waals surface area (Å²) in [5.41, 5.74) is 0.673. The van der Waals surface area contributed by atoms with Crippen molar-refractivity contribution >= 4 is 17.5 Å². The van der Waals surface area contributed by atoms with Gasteiger partial charge in [0.05, 0.1) is 18.3 Å². The van der Waals surface area contributed by atoms with E-state index in [-0.39, 0.29) is 18.4 Å². The summed E-state index contributed by atoms with van der Waals surface area (Å²) in [7, 11) is 1.57. The van der Waals surface area contributed by atoms with E-state index in [0.717, 1.165) is 24.1 Å². The maximum Gasteiger partial charge on any atom is 0.238 e. The van der Waals surface area contributed by atoms with Gasteiger partial charge in [0.2, 0.25) is 11.8 Å². The van der Waals surface area contributed by atoms with Crippen molar-refractivity contribution in [2.75, 3.05) is 25.5 Å². The molecule has 0 spiro atoms. The minimum atomic E-state index is -1.65. The number of halogens is 3. The molecule has 0 aliphatic rings. The van der Waals surface area contributed by atoms with E-state index in [0.29, 0.717) is 6.54 Å². The number of rotatable bonds is 9. The standard InChI is InChI=1S/C22H26F3N3O2/c1-4-15(16-8-6-5-7-9-16)12-26-22(30)14(2)28(3)13-19(29)27-18-11-10-17(23)20(24)21(18)25/h5-11,14-15H,4,12-13H2,1-3H3,(H,26,30)(H,27,29)/t14-,15-/m0/s1. The maximum absolute atomic E-state index is 13.7. The van der Waals surface area contributed by atoms with E-state index in [2.05, 4.69) is 10.6 Å². The normalized spacial score (nSPS) is 13.0. The van der Waals surface area contributed by atoms with Crippen LogP contribution in [0.15, 0.2) is 42.5 Å². The van der Waals surface area contributed by atoms with Gasteiger partial charge in [-0.2, -0.15) is 0 Å². The largest absolute Gasteiger partial charge is 0.354 e. The highest BCUT2D eigenvalue weighted by atomic mass is 19.2. The number of amides is 2. The molecule has 30 heavy (non-hydrogen) atoms. The van der Waals surface area contributed by atoms with Gasteiger partial charge in [-0.25, -0.2) is 13.2 Å². The van der Waals surface area contributed by atoms with E-state index < -0.39 is 35.1 Å². The molecule has 8 heteroatoms. The average Bonchev–Trinajstić information content (AvgIpc) is 2.74. The van der Waals surface area contributed by atoms with Crippen LogP contribution >= 0.6 is 0 Å². The Kier molecular flexibility index (Phi) is 8.41. The molecule has 0 unspecified atom stereocenters. The number of nitrogens with one attached hydrogen (secondary N) is 2. The van der Waals surface area contributed by atoms with Gasteiger partial charge in [-0.15, -0.1) is 0 Å². The summed E-state index contributed by atoms with van der Waals surface area (Å²) in [5, 5.41) is 5.08. The predicted molar refractivity (Wildman–Crippen MR) is 110 cm³/mol. The second-order valence-corrected chi connectivity index (χ2v) is 7.12. The Morgan fingerprint density at radius 1 is 1.03 bits per heavy atom. The summed E-state index contributed by atoms with van der Waals surface area (Å²) >= 11 is 0. The van der Waals surface area contributed by atoms with Crippen LogP contribution in [-0.2, 0) is 9.59 Å². The fraction of sp³-hybridized carbons (Fsp3) is 0.364. The average molecular weight is 421 g/mol. The molecule has 2 atom stereocenters. The lowest BCUT2D eigenvalue weighted by atomic mass is 9.96. The van der Waals surface area contributed by atoms with E-state index in [1.807, 2.05) is 37.3 Å². The molecule has 0 bridgehead atoms. The lowest BCUT2D eigenvalue weighted by Crippen LogP contribution is -2.46. The van der Waals surface area contributed by atoms with Crippen molar-refractivity contribution in [3.63, 3.8) is 0 Å². The van der Waals surface area contributed by atoms with E-state index >= 15 is 0 Å². The first kappa shape index (κ1) is 23.4. The molecular weight excluding hydrogens is 395 g/mol. The zero-order chi connectivity index (χ0) is 22.3. The summed E-state index contributed by atoms with van der Waals surface area (Å²) in [6.07, 6.45) is 0.858. The van der Waals surface area contributed by atoms with Crippen LogP contribution in [0.5, 0.6) is 0 Å². The van der Waals surface area contributed by atoms with Gasteiger partial charge < -0.3 is 10.6 Å². The molecule has 0 aliphatic carbocycles. The predicted octanol–water partition coefficient (Wildman–Crippen LogP) is 3.67. The summed E-state index contributed by atoms with van der Waals surface area (Å²) in [5.74, 6) is -5.20. The van der Waals surface area contributed by atoms with Crippen LogP contribution in [0.2, 0.25) is 0 Å². The molecule has 2 rings (SSSR count). The lowest BCUT2D eigenvalue weighted by Gasteiger charge is -2.24. The number of benzene rings is 2. The summed E-state index contributed by atoms with van der Waals surface area (Å²) in [4.78, 5) is 26.1. The number of carbonyl (C=O) groups excluding carboxylic acids is 2. The Balaban J connectivity index is 1.88. The van der Waals surface area contributed by atoms with Gasteiger partial charge in [-0.05, 0) is 38.1 Å². The molecular formula is C22H26F3N3O2. The minimum Gasteiger partial charge on any atom is -0.354 e. The zero-order valence-electron chi connectivity index (χ0n) is 17.2. The first-order chi connectivity index (χ1) is 14.2. The summed E-state index contributed by atoms with van der Waals surface area (Å²) in [6.45, 7) is 3.91. The fourth-order valence-corrected chi connectivity index (χ4v) is 2.97. The van der Waals surface area contributed by atoms with Gasteiger partial charge in [0.1, 0.15) is 0 Å². The number of hydrogen-bond acceptors (Lipinski definition) is 3. The van der Waals surface area contributed by atoms with Crippen molar-refractivity contribution in [3.05, 3.63) is 65.5 Å². The molecule has 5 nitrogen and oxygen atoms in total. The Morgan fingerprint density at radius 2 is 1.70 bits per heavy atom. The number of hydrogen-bond donors (Lipinski definition) is 2. The number of anilines is 1. The molecule has 2 amide bonds. The third kappa shape index (κ3) is 6.06. The van der Waals surface area contributed by atoms with Crippen molar-refractivity contribution in [3.8, 4) is 0 Å². The molecule has 0 radical (unpaired) electrons. The third-order valence-electron chi connectivity index (χ3n) is 5.03. The van der Waals surface area contributed by atoms with Crippen LogP contribution < -0.4 is 10.6 Å². The van der Waals surface area contributed by atoms with E-state index in [4.69, 9.17) is 0 Å². The molecule has 2 aromatic carbocycles. The van der Waals surface area contributed by atoms with Gasteiger partial charge >= 0.3 is 0 Å². The van der Waals surface area contributed by atoms with Crippen LogP contribution in [-0.4, -0.2) is 42.9 Å². The SMILES string of the molecule is CC[C@@H](CNC(=O)[C@H](C)N(C)CC(=O)Nc1ccc(F)c(F)c1F)c1ccccc1. The Hall–Kier alpha value is -2.87. The Bertz CT molecular complexity index is 877. The van der Waals surface area contributed by atoms with Gasteiger partial charge in [-0.1, -0.05) is 37.3 Å². The van der Waals surface area contributed by atoms with Crippen molar-refractivity contribution in [2.24, 2.45) is 0 Å². The Morgan fingerprint density at radius 3 is 2.33 bits per heavy atom. The monoisotopic (exact) mass is 421 g/mol. The molecule has 2 aromatic rings. The second-order valence-electron chi connectivity index (χ2n) is 7.12. The second kappa shape index (κ2) is 10.8. The molecule has 2 N–H and O–H groups in total. The molecule has 0 heterocycles. The highest BCUT2D eigenvalue weighted by molar-refractivity contribution is 5.93. The van der Waals surface area contributed by atoms with E-state index in [9.17, 15) is 22.8 Å². The van der Waals surface area contributed by atoms with Gasteiger partial charge in [0.25, 0.3) is 0 Å². The minimum absolute atomic E-state index is 0.173. The Labute approximate surface area is 174 Å². The van der Waals surface area contributed by atoms with Crippen molar-refractivity contribution in [2.45, 2.75) is 32.2 Å². The molecule has 0 fully saturated rings. The van der Waals surface area contributed by atoms with Gasteiger partial charge in [-0.3, -0.25) is 14.5 Å². The third-order valence-corrected chi connectivity index (χ3v) is 5.03. The van der Waals surface area contributed by atoms with Crippen LogP contribution in [0.1, 0.15) is 31.7 Å². The smallest absolute Gasteiger partial charge is 0.238 e. The van der Waals surface area contributed by atoms with E-state index in [1.165, 1.54) is 4.90 Å². The topological polar surface area (TPSA) is 61.4 Å². The summed E-state index contributed by atoms with van der Waals surface area (Å²) < 4.78 is 39.9. The number of nitrogens with zero attached hydrogens (tertiary/aromatic N) is 1. The van der Waals surface area contributed by atoms with Crippen LogP contribution in [0.3, 0.4) is 0 Å². The van der Waals surface area contributed by atoms with Crippen molar-refractivity contribution < 1.29 is 22.8 Å². The quantitative estimate of drug-likeness (QED) is 0.608. The summed E-state index contributed by atoms with van der Waals surface area (Å²) in [6, 6.07) is 10.9. The fourth-order valence-electron chi connectivity index (χ4n) is 2.97. The highest BCUT2D eigenvalue weighted by Crippen LogP contribution is 2.20. The van der Waals surface area contributed by atoms with Crippen molar-refractivity contribution in [1.29, 1.82) is 0 Å². The molecule has 0 saturated carbocycles. The van der Waals surface area contributed by atoms with E-state index in [1.54, 1.807) is 14.0 Å². The number of carbonyl (C=O) groups is 2. The first-order valence-corrected chi connectivity index (χ1v) is 9.70. The zero-order valence-corrected chi connectivity index (χ0v) is 17.2. The first-order valence-electron chi connectivity index (χ1n) is 9.70. The van der Waals surface area contributed by atoms with Crippen LogP contribution in [0.25, 0.3) is 0 Å². The molecule has 162 valence electrons. The van der Waals surface area contributed by atoms with Gasteiger partial charge in [0.15, 0.2) is 17.5 Å². The van der Waals surface area contributed by atoms with Gasteiger partial charge in [0, 0.05) is 12.5 Å².